The van der Waals surface area contributed by atoms with Crippen LogP contribution in [0.5, 0.6) is 0 Å². The number of hydrogen-bond donors (Lipinski definition) is 1. The number of aromatic nitrogens is 1. The largest absolute Gasteiger partial charge is 0.312 e. The van der Waals surface area contributed by atoms with E-state index in [4.69, 9.17) is 4.98 Å². The predicted octanol–water partition coefficient (Wildman–Crippen LogP) is 5.53. The Balaban J connectivity index is 2.16. The minimum Gasteiger partial charge on any atom is -0.312 e. The summed E-state index contributed by atoms with van der Waals surface area (Å²) in [4.78, 5) is 6.10. The van der Waals surface area contributed by atoms with Crippen molar-refractivity contribution in [1.82, 2.24) is 10.3 Å². The molecule has 2 aromatic heterocycles. The molecule has 2 heterocycles. The smallest absolute Gasteiger partial charge is 0.0947 e. The Morgan fingerprint density at radius 3 is 2.50 bits per heavy atom. The first kappa shape index (κ1) is 16.6. The third-order valence-electron chi connectivity index (χ3n) is 3.06. The van der Waals surface area contributed by atoms with E-state index in [0.29, 0.717) is 6.04 Å². The molecule has 1 N–H and O–H groups in total. The van der Waals surface area contributed by atoms with Gasteiger partial charge in [-0.25, -0.2) is 4.98 Å². The fourth-order valence-corrected chi connectivity index (χ4v) is 5.07. The Hall–Kier alpha value is 0.250. The number of halogens is 2. The molecule has 0 fully saturated rings. The fourth-order valence-electron chi connectivity index (χ4n) is 1.80. The standard InChI is InChI=1S/C14H18Br2N2S2/c1-14(2,3)11-7-19-12(18-11)6-9(17-4)10-5-8(15)13(16)20-10/h5,7,9,17H,6H2,1-4H3. The van der Waals surface area contributed by atoms with E-state index < -0.39 is 0 Å². The summed E-state index contributed by atoms with van der Waals surface area (Å²) in [5.74, 6) is 0. The van der Waals surface area contributed by atoms with E-state index in [1.807, 2.05) is 7.05 Å². The van der Waals surface area contributed by atoms with Gasteiger partial charge in [0.25, 0.3) is 0 Å². The number of nitrogens with one attached hydrogen (secondary N) is 1. The lowest BCUT2D eigenvalue weighted by molar-refractivity contribution is 0.562. The van der Waals surface area contributed by atoms with E-state index in [-0.39, 0.29) is 5.41 Å². The fraction of sp³-hybridized carbons (Fsp3) is 0.500. The van der Waals surface area contributed by atoms with E-state index in [0.717, 1.165) is 14.7 Å². The molecule has 0 radical (unpaired) electrons. The highest BCUT2D eigenvalue weighted by molar-refractivity contribution is 9.13. The molecule has 1 atom stereocenters. The third-order valence-corrected chi connectivity index (χ3v) is 7.30. The summed E-state index contributed by atoms with van der Waals surface area (Å²) in [6.07, 6.45) is 0.927. The molecule has 0 aliphatic carbocycles. The highest BCUT2D eigenvalue weighted by atomic mass is 79.9. The second-order valence-electron chi connectivity index (χ2n) is 5.69. The van der Waals surface area contributed by atoms with Crippen LogP contribution in [0.2, 0.25) is 0 Å². The van der Waals surface area contributed by atoms with Crippen LogP contribution in [0.15, 0.2) is 19.7 Å². The van der Waals surface area contributed by atoms with Crippen molar-refractivity contribution in [2.24, 2.45) is 0 Å². The third kappa shape index (κ3) is 3.91. The Kier molecular flexibility index (Phi) is 5.46. The molecule has 2 rings (SSSR count). The van der Waals surface area contributed by atoms with Crippen LogP contribution in [-0.2, 0) is 11.8 Å². The molecule has 2 aromatic rings. The van der Waals surface area contributed by atoms with Gasteiger partial charge in [0, 0.05) is 32.6 Å². The minimum absolute atomic E-state index is 0.124. The summed E-state index contributed by atoms with van der Waals surface area (Å²) in [6.45, 7) is 6.61. The van der Waals surface area contributed by atoms with Crippen molar-refractivity contribution < 1.29 is 0 Å². The second kappa shape index (κ2) is 6.57. The average Bonchev–Trinajstić information content (AvgIpc) is 2.94. The monoisotopic (exact) mass is 436 g/mol. The van der Waals surface area contributed by atoms with Crippen molar-refractivity contribution in [3.8, 4) is 0 Å². The zero-order valence-electron chi connectivity index (χ0n) is 12.0. The maximum Gasteiger partial charge on any atom is 0.0947 e. The normalized spacial score (nSPS) is 13.7. The number of rotatable bonds is 4. The molecule has 20 heavy (non-hydrogen) atoms. The molecule has 110 valence electrons. The molecular weight excluding hydrogens is 420 g/mol. The number of likely N-dealkylation sites (N-methyl/N-ethyl adjacent to an activating group) is 1. The average molecular weight is 438 g/mol. The molecule has 0 amide bonds. The first-order valence-electron chi connectivity index (χ1n) is 6.38. The Morgan fingerprint density at radius 2 is 2.05 bits per heavy atom. The van der Waals surface area contributed by atoms with E-state index in [9.17, 15) is 0 Å². The van der Waals surface area contributed by atoms with E-state index in [1.54, 1.807) is 22.7 Å². The summed E-state index contributed by atoms with van der Waals surface area (Å²) in [5.41, 5.74) is 1.31. The van der Waals surface area contributed by atoms with Crippen LogP contribution in [0.3, 0.4) is 0 Å². The van der Waals surface area contributed by atoms with Crippen molar-refractivity contribution in [2.75, 3.05) is 7.05 Å². The SMILES string of the molecule is CNC(Cc1nc(C(C)(C)C)cs1)c1cc(Br)c(Br)s1. The van der Waals surface area contributed by atoms with Gasteiger partial charge in [-0.1, -0.05) is 20.8 Å². The van der Waals surface area contributed by atoms with Gasteiger partial charge in [0.15, 0.2) is 0 Å². The molecule has 6 heteroatoms. The van der Waals surface area contributed by atoms with Crippen LogP contribution in [0.25, 0.3) is 0 Å². The van der Waals surface area contributed by atoms with Crippen molar-refractivity contribution in [1.29, 1.82) is 0 Å². The van der Waals surface area contributed by atoms with Crippen molar-refractivity contribution in [3.63, 3.8) is 0 Å². The lowest BCUT2D eigenvalue weighted by atomic mass is 9.93. The van der Waals surface area contributed by atoms with Crippen LogP contribution < -0.4 is 5.32 Å². The summed E-state index contributed by atoms with van der Waals surface area (Å²) >= 11 is 10.6. The lowest BCUT2D eigenvalue weighted by Gasteiger charge is -2.15. The second-order valence-corrected chi connectivity index (χ2v) is 9.89. The number of thiazole rings is 1. The first-order chi connectivity index (χ1) is 9.31. The molecular formula is C14H18Br2N2S2. The zero-order chi connectivity index (χ0) is 14.9. The van der Waals surface area contributed by atoms with Crippen LogP contribution >= 0.6 is 54.5 Å². The summed E-state index contributed by atoms with van der Waals surface area (Å²) in [7, 11) is 2.00. The van der Waals surface area contributed by atoms with Crippen LogP contribution in [0, 0.1) is 0 Å². The van der Waals surface area contributed by atoms with Crippen molar-refractivity contribution >= 4 is 54.5 Å². The minimum atomic E-state index is 0.124. The van der Waals surface area contributed by atoms with Crippen LogP contribution in [0.1, 0.15) is 42.4 Å². The molecule has 0 saturated carbocycles. The van der Waals surface area contributed by atoms with Gasteiger partial charge in [0.2, 0.25) is 0 Å². The quantitative estimate of drug-likeness (QED) is 0.679. The molecule has 0 saturated heterocycles. The molecule has 1 unspecified atom stereocenters. The Labute approximate surface area is 145 Å². The Bertz CT molecular complexity index is 565. The van der Waals surface area contributed by atoms with Gasteiger partial charge in [-0.05, 0) is 45.0 Å². The van der Waals surface area contributed by atoms with Gasteiger partial charge in [0.05, 0.1) is 14.5 Å². The molecule has 0 spiro atoms. The maximum absolute atomic E-state index is 4.78. The number of nitrogens with zero attached hydrogens (tertiary/aromatic N) is 1. The number of hydrogen-bond acceptors (Lipinski definition) is 4. The van der Waals surface area contributed by atoms with Crippen molar-refractivity contribution in [2.45, 2.75) is 38.6 Å². The summed E-state index contributed by atoms with van der Waals surface area (Å²) in [5, 5.41) is 6.76. The molecule has 0 bridgehead atoms. The first-order valence-corrected chi connectivity index (χ1v) is 9.66. The maximum atomic E-state index is 4.78. The van der Waals surface area contributed by atoms with E-state index in [1.165, 1.54) is 15.6 Å². The molecule has 0 aliphatic heterocycles. The summed E-state index contributed by atoms with van der Waals surface area (Å²) in [6, 6.07) is 2.48. The highest BCUT2D eigenvalue weighted by Gasteiger charge is 2.20. The topological polar surface area (TPSA) is 24.9 Å². The molecule has 2 nitrogen and oxygen atoms in total. The molecule has 0 aliphatic rings. The van der Waals surface area contributed by atoms with E-state index in [2.05, 4.69) is 69.4 Å². The predicted molar refractivity (Wildman–Crippen MR) is 96.0 cm³/mol. The van der Waals surface area contributed by atoms with Crippen LogP contribution in [0.4, 0.5) is 0 Å². The number of thiophene rings is 1. The Morgan fingerprint density at radius 1 is 1.35 bits per heavy atom. The van der Waals surface area contributed by atoms with E-state index >= 15 is 0 Å². The lowest BCUT2D eigenvalue weighted by Crippen LogP contribution is -2.18. The highest BCUT2D eigenvalue weighted by Crippen LogP contribution is 2.36. The zero-order valence-corrected chi connectivity index (χ0v) is 16.8. The van der Waals surface area contributed by atoms with Gasteiger partial charge in [-0.2, -0.15) is 0 Å². The van der Waals surface area contributed by atoms with Gasteiger partial charge in [0.1, 0.15) is 0 Å². The van der Waals surface area contributed by atoms with Gasteiger partial charge in [-0.15, -0.1) is 22.7 Å². The van der Waals surface area contributed by atoms with Gasteiger partial charge >= 0.3 is 0 Å². The molecule has 0 aromatic carbocycles. The summed E-state index contributed by atoms with van der Waals surface area (Å²) < 4.78 is 2.26. The van der Waals surface area contributed by atoms with Crippen molar-refractivity contribution in [3.05, 3.63) is 35.3 Å². The van der Waals surface area contributed by atoms with Gasteiger partial charge < -0.3 is 5.32 Å². The van der Waals surface area contributed by atoms with Gasteiger partial charge in [-0.3, -0.25) is 0 Å². The van der Waals surface area contributed by atoms with Crippen LogP contribution in [-0.4, -0.2) is 12.0 Å².